The highest BCUT2D eigenvalue weighted by Gasteiger charge is 2.25. The molecule has 120 valence electrons. The molecule has 0 aliphatic carbocycles. The summed E-state index contributed by atoms with van der Waals surface area (Å²) in [4.78, 5) is 25.6. The average Bonchev–Trinajstić information content (AvgIpc) is 2.46. The SMILES string of the molecule is CC(C)[C@@H](C)NC(=O)CCN1C(=O)CCc2cc(F)ccc21. The fraction of sp³-hybridized carbons (Fsp3) is 0.529. The van der Waals surface area contributed by atoms with Crippen LogP contribution in [0.2, 0.25) is 0 Å². The largest absolute Gasteiger partial charge is 0.353 e. The number of halogens is 1. The van der Waals surface area contributed by atoms with Crippen molar-refractivity contribution in [2.45, 2.75) is 46.1 Å². The first kappa shape index (κ1) is 16.5. The molecule has 2 amide bonds. The van der Waals surface area contributed by atoms with Crippen LogP contribution in [-0.2, 0) is 16.0 Å². The number of hydrogen-bond acceptors (Lipinski definition) is 2. The van der Waals surface area contributed by atoms with Crippen LogP contribution in [0.25, 0.3) is 0 Å². The molecule has 1 aromatic rings. The number of aryl methyl sites for hydroxylation is 1. The Morgan fingerprint density at radius 2 is 2.05 bits per heavy atom. The van der Waals surface area contributed by atoms with E-state index in [1.54, 1.807) is 11.0 Å². The maximum Gasteiger partial charge on any atom is 0.227 e. The summed E-state index contributed by atoms with van der Waals surface area (Å²) in [5, 5.41) is 2.93. The second-order valence-electron chi connectivity index (χ2n) is 6.17. The molecule has 1 atom stereocenters. The number of anilines is 1. The van der Waals surface area contributed by atoms with E-state index in [1.165, 1.54) is 12.1 Å². The number of fused-ring (bicyclic) bond motifs is 1. The van der Waals surface area contributed by atoms with Crippen molar-refractivity contribution in [1.29, 1.82) is 0 Å². The van der Waals surface area contributed by atoms with Gasteiger partial charge >= 0.3 is 0 Å². The molecule has 1 N–H and O–H groups in total. The van der Waals surface area contributed by atoms with Gasteiger partial charge in [0.05, 0.1) is 0 Å². The number of carbonyl (C=O) groups excluding carboxylic acids is 2. The highest BCUT2D eigenvalue weighted by Crippen LogP contribution is 2.28. The summed E-state index contributed by atoms with van der Waals surface area (Å²) >= 11 is 0. The van der Waals surface area contributed by atoms with Crippen molar-refractivity contribution in [2.24, 2.45) is 5.92 Å². The normalized spacial score (nSPS) is 15.7. The van der Waals surface area contributed by atoms with Crippen LogP contribution in [0, 0.1) is 11.7 Å². The molecule has 0 saturated heterocycles. The molecule has 1 heterocycles. The third-order valence-corrected chi connectivity index (χ3v) is 4.19. The minimum Gasteiger partial charge on any atom is -0.353 e. The summed E-state index contributed by atoms with van der Waals surface area (Å²) in [6, 6.07) is 4.54. The van der Waals surface area contributed by atoms with E-state index in [0.717, 1.165) is 11.3 Å². The molecular formula is C17H23FN2O2. The molecule has 0 saturated carbocycles. The van der Waals surface area contributed by atoms with E-state index in [0.29, 0.717) is 25.3 Å². The maximum atomic E-state index is 13.3. The van der Waals surface area contributed by atoms with Crippen molar-refractivity contribution >= 4 is 17.5 Å². The van der Waals surface area contributed by atoms with Gasteiger partial charge in [0.15, 0.2) is 0 Å². The van der Waals surface area contributed by atoms with Gasteiger partial charge in [0.2, 0.25) is 11.8 Å². The van der Waals surface area contributed by atoms with Crippen LogP contribution in [-0.4, -0.2) is 24.4 Å². The van der Waals surface area contributed by atoms with Gasteiger partial charge in [-0.3, -0.25) is 9.59 Å². The van der Waals surface area contributed by atoms with Crippen LogP contribution in [0.5, 0.6) is 0 Å². The van der Waals surface area contributed by atoms with Gasteiger partial charge in [0.1, 0.15) is 5.82 Å². The van der Waals surface area contributed by atoms with Crippen LogP contribution in [0.4, 0.5) is 10.1 Å². The molecule has 0 aromatic heterocycles. The quantitative estimate of drug-likeness (QED) is 0.909. The Morgan fingerprint density at radius 1 is 1.32 bits per heavy atom. The first-order chi connectivity index (χ1) is 10.4. The van der Waals surface area contributed by atoms with Crippen molar-refractivity contribution in [2.75, 3.05) is 11.4 Å². The van der Waals surface area contributed by atoms with Gasteiger partial charge in [-0.1, -0.05) is 13.8 Å². The minimum atomic E-state index is -0.295. The summed E-state index contributed by atoms with van der Waals surface area (Å²) in [5.74, 6) is -0.00660. The van der Waals surface area contributed by atoms with Gasteiger partial charge in [-0.05, 0) is 43.0 Å². The van der Waals surface area contributed by atoms with E-state index >= 15 is 0 Å². The van der Waals surface area contributed by atoms with Gasteiger partial charge in [-0.2, -0.15) is 0 Å². The fourth-order valence-corrected chi connectivity index (χ4v) is 2.48. The second kappa shape index (κ2) is 6.90. The van der Waals surface area contributed by atoms with E-state index in [2.05, 4.69) is 5.32 Å². The molecule has 4 nitrogen and oxygen atoms in total. The predicted octanol–water partition coefficient (Wildman–Crippen LogP) is 2.66. The number of nitrogens with zero attached hydrogens (tertiary/aromatic N) is 1. The van der Waals surface area contributed by atoms with Crippen LogP contribution in [0.1, 0.15) is 39.2 Å². The van der Waals surface area contributed by atoms with Crippen molar-refractivity contribution < 1.29 is 14.0 Å². The van der Waals surface area contributed by atoms with E-state index in [4.69, 9.17) is 0 Å². The summed E-state index contributed by atoms with van der Waals surface area (Å²) < 4.78 is 13.3. The molecule has 1 aliphatic rings. The highest BCUT2D eigenvalue weighted by atomic mass is 19.1. The number of nitrogens with one attached hydrogen (secondary N) is 1. The van der Waals surface area contributed by atoms with Gasteiger partial charge in [0.25, 0.3) is 0 Å². The summed E-state index contributed by atoms with van der Waals surface area (Å²) in [6.07, 6.45) is 1.17. The fourth-order valence-electron chi connectivity index (χ4n) is 2.48. The Hall–Kier alpha value is -1.91. The zero-order valence-corrected chi connectivity index (χ0v) is 13.4. The number of amides is 2. The highest BCUT2D eigenvalue weighted by molar-refractivity contribution is 5.97. The van der Waals surface area contributed by atoms with Crippen molar-refractivity contribution in [3.63, 3.8) is 0 Å². The Bertz CT molecular complexity index is 572. The average molecular weight is 306 g/mol. The van der Waals surface area contributed by atoms with Crippen molar-refractivity contribution in [1.82, 2.24) is 5.32 Å². The first-order valence-electron chi connectivity index (χ1n) is 7.76. The lowest BCUT2D eigenvalue weighted by Crippen LogP contribution is -2.41. The van der Waals surface area contributed by atoms with Crippen LogP contribution < -0.4 is 10.2 Å². The van der Waals surface area contributed by atoms with Crippen molar-refractivity contribution in [3.05, 3.63) is 29.6 Å². The summed E-state index contributed by atoms with van der Waals surface area (Å²) in [5.41, 5.74) is 1.55. The minimum absolute atomic E-state index is 0.0104. The molecule has 5 heteroatoms. The Morgan fingerprint density at radius 3 is 2.73 bits per heavy atom. The van der Waals surface area contributed by atoms with E-state index in [-0.39, 0.29) is 30.1 Å². The third kappa shape index (κ3) is 3.84. The Kier molecular flexibility index (Phi) is 5.16. The molecule has 1 aliphatic heterocycles. The molecule has 22 heavy (non-hydrogen) atoms. The van der Waals surface area contributed by atoms with Gasteiger partial charge in [-0.15, -0.1) is 0 Å². The molecule has 0 fully saturated rings. The van der Waals surface area contributed by atoms with E-state index < -0.39 is 0 Å². The van der Waals surface area contributed by atoms with Gasteiger partial charge < -0.3 is 10.2 Å². The lowest BCUT2D eigenvalue weighted by Gasteiger charge is -2.29. The van der Waals surface area contributed by atoms with Gasteiger partial charge in [-0.25, -0.2) is 4.39 Å². The van der Waals surface area contributed by atoms with Crippen LogP contribution >= 0.6 is 0 Å². The number of hydrogen-bond donors (Lipinski definition) is 1. The number of benzene rings is 1. The zero-order valence-electron chi connectivity index (χ0n) is 13.4. The lowest BCUT2D eigenvalue weighted by molar-refractivity contribution is -0.122. The first-order valence-corrected chi connectivity index (χ1v) is 7.76. The molecule has 0 radical (unpaired) electrons. The third-order valence-electron chi connectivity index (χ3n) is 4.19. The number of rotatable bonds is 5. The molecule has 1 aromatic carbocycles. The molecule has 0 bridgehead atoms. The van der Waals surface area contributed by atoms with E-state index in [1.807, 2.05) is 20.8 Å². The predicted molar refractivity (Wildman–Crippen MR) is 84.1 cm³/mol. The Labute approximate surface area is 130 Å². The van der Waals surface area contributed by atoms with Crippen LogP contribution in [0.15, 0.2) is 18.2 Å². The number of carbonyl (C=O) groups is 2. The summed E-state index contributed by atoms with van der Waals surface area (Å²) in [6.45, 7) is 6.38. The topological polar surface area (TPSA) is 49.4 Å². The van der Waals surface area contributed by atoms with Crippen molar-refractivity contribution in [3.8, 4) is 0 Å². The molecule has 0 unspecified atom stereocenters. The summed E-state index contributed by atoms with van der Waals surface area (Å²) in [7, 11) is 0. The maximum absolute atomic E-state index is 13.3. The lowest BCUT2D eigenvalue weighted by atomic mass is 10.0. The van der Waals surface area contributed by atoms with E-state index in [9.17, 15) is 14.0 Å². The standard InChI is InChI=1S/C17H23FN2O2/c1-11(2)12(3)19-16(21)8-9-20-15-6-5-14(18)10-13(15)4-7-17(20)22/h5-6,10-12H,4,7-9H2,1-3H3,(H,19,21)/t12-/m1/s1. The smallest absolute Gasteiger partial charge is 0.227 e. The second-order valence-corrected chi connectivity index (χ2v) is 6.17. The molecule has 0 spiro atoms. The van der Waals surface area contributed by atoms with Crippen LogP contribution in [0.3, 0.4) is 0 Å². The molecule has 2 rings (SSSR count). The van der Waals surface area contributed by atoms with Gasteiger partial charge in [0, 0.05) is 31.1 Å². The monoisotopic (exact) mass is 306 g/mol. The Balaban J connectivity index is 2.01. The zero-order chi connectivity index (χ0) is 16.3. The molecular weight excluding hydrogens is 283 g/mol.